The molecule has 0 aliphatic carbocycles. The van der Waals surface area contributed by atoms with E-state index in [0.29, 0.717) is 17.1 Å². The first-order chi connectivity index (χ1) is 10.7. The molecule has 0 bridgehead atoms. The van der Waals surface area contributed by atoms with Crippen LogP contribution in [0, 0.1) is 0 Å². The van der Waals surface area contributed by atoms with Gasteiger partial charge in [0.25, 0.3) is 5.91 Å². The monoisotopic (exact) mass is 299 g/mol. The molecule has 1 saturated heterocycles. The van der Waals surface area contributed by atoms with Crippen LogP contribution in [0.3, 0.4) is 0 Å². The first-order valence-corrected chi connectivity index (χ1v) is 7.85. The van der Waals surface area contributed by atoms with E-state index in [0.717, 1.165) is 32.6 Å². The van der Waals surface area contributed by atoms with Crippen molar-refractivity contribution in [3.05, 3.63) is 30.1 Å². The van der Waals surface area contributed by atoms with Gasteiger partial charge < -0.3 is 4.90 Å². The lowest BCUT2D eigenvalue weighted by molar-refractivity contribution is 0.0765. The zero-order valence-corrected chi connectivity index (χ0v) is 13.1. The van der Waals surface area contributed by atoms with Gasteiger partial charge in [-0.1, -0.05) is 26.0 Å². The molecule has 0 radical (unpaired) electrons. The molecule has 2 aromatic rings. The Bertz CT molecular complexity index is 670. The van der Waals surface area contributed by atoms with E-state index in [2.05, 4.69) is 33.9 Å². The van der Waals surface area contributed by atoms with E-state index in [1.165, 1.54) is 0 Å². The van der Waals surface area contributed by atoms with E-state index in [4.69, 9.17) is 0 Å². The molecule has 1 unspecified atom stereocenters. The highest BCUT2D eigenvalue weighted by Gasteiger charge is 2.31. The molecule has 1 atom stereocenters. The Morgan fingerprint density at radius 2 is 1.95 bits per heavy atom. The third kappa shape index (κ3) is 2.78. The number of likely N-dealkylation sites (tertiary alicyclic amines) is 1. The van der Waals surface area contributed by atoms with Gasteiger partial charge in [-0.05, 0) is 31.6 Å². The zero-order chi connectivity index (χ0) is 15.5. The topological polar surface area (TPSA) is 62.2 Å². The molecule has 0 spiro atoms. The van der Waals surface area contributed by atoms with E-state index in [1.54, 1.807) is 0 Å². The fourth-order valence-corrected chi connectivity index (χ4v) is 3.08. The number of fused-ring (bicyclic) bond motifs is 1. The molecule has 6 nitrogen and oxygen atoms in total. The standard InChI is InChI=1S/C16H21N5O/c1-3-20(4-2)12-9-10-21(11-12)16(22)15-17-13-7-5-6-8-14(13)18-19-15/h5-8,12H,3-4,9-11H2,1-2H3. The van der Waals surface area contributed by atoms with E-state index in [1.807, 2.05) is 29.2 Å². The summed E-state index contributed by atoms with van der Waals surface area (Å²) in [7, 11) is 0. The summed E-state index contributed by atoms with van der Waals surface area (Å²) in [6, 6.07) is 7.90. The Morgan fingerprint density at radius 3 is 2.68 bits per heavy atom. The van der Waals surface area contributed by atoms with Gasteiger partial charge in [0.1, 0.15) is 5.52 Å². The maximum Gasteiger partial charge on any atom is 0.293 e. The summed E-state index contributed by atoms with van der Waals surface area (Å²) in [6.45, 7) is 7.84. The summed E-state index contributed by atoms with van der Waals surface area (Å²) < 4.78 is 0. The predicted octanol–water partition coefficient (Wildman–Crippen LogP) is 1.58. The van der Waals surface area contributed by atoms with Crippen molar-refractivity contribution in [2.24, 2.45) is 0 Å². The van der Waals surface area contributed by atoms with Crippen molar-refractivity contribution in [2.45, 2.75) is 26.3 Å². The number of nitrogens with zero attached hydrogens (tertiary/aromatic N) is 5. The van der Waals surface area contributed by atoms with Crippen molar-refractivity contribution < 1.29 is 4.79 Å². The normalized spacial score (nSPS) is 18.3. The number of para-hydroxylation sites is 1. The number of rotatable bonds is 4. The number of benzene rings is 1. The van der Waals surface area contributed by atoms with E-state index in [-0.39, 0.29) is 11.7 Å². The highest BCUT2D eigenvalue weighted by atomic mass is 16.2. The Morgan fingerprint density at radius 1 is 1.23 bits per heavy atom. The average molecular weight is 299 g/mol. The van der Waals surface area contributed by atoms with Crippen LogP contribution in [0.4, 0.5) is 0 Å². The van der Waals surface area contributed by atoms with Crippen molar-refractivity contribution in [2.75, 3.05) is 26.2 Å². The molecule has 2 heterocycles. The van der Waals surface area contributed by atoms with Crippen molar-refractivity contribution in [1.29, 1.82) is 0 Å². The molecule has 6 heteroatoms. The number of carbonyl (C=O) groups is 1. The SMILES string of the molecule is CCN(CC)C1CCN(C(=O)c2nnc3ccccc3n2)C1. The molecule has 1 amide bonds. The molecule has 22 heavy (non-hydrogen) atoms. The second kappa shape index (κ2) is 6.36. The minimum absolute atomic E-state index is 0.118. The number of hydrogen-bond donors (Lipinski definition) is 0. The molecule has 1 aromatic carbocycles. The van der Waals surface area contributed by atoms with Crippen molar-refractivity contribution >= 4 is 16.9 Å². The summed E-state index contributed by atoms with van der Waals surface area (Å²) >= 11 is 0. The van der Waals surface area contributed by atoms with Crippen LogP contribution in [-0.4, -0.2) is 63.1 Å². The highest BCUT2D eigenvalue weighted by molar-refractivity contribution is 5.92. The van der Waals surface area contributed by atoms with E-state index < -0.39 is 0 Å². The third-order valence-corrected chi connectivity index (χ3v) is 4.33. The summed E-state index contributed by atoms with van der Waals surface area (Å²) in [5, 5.41) is 8.09. The molecule has 0 saturated carbocycles. The molecular formula is C16H21N5O. The lowest BCUT2D eigenvalue weighted by atomic mass is 10.2. The van der Waals surface area contributed by atoms with Gasteiger partial charge in [-0.25, -0.2) is 4.98 Å². The van der Waals surface area contributed by atoms with E-state index in [9.17, 15) is 4.79 Å². The summed E-state index contributed by atoms with van der Waals surface area (Å²) in [5.74, 6) is 0.0757. The first kappa shape index (κ1) is 14.8. The highest BCUT2D eigenvalue weighted by Crippen LogP contribution is 2.17. The van der Waals surface area contributed by atoms with Gasteiger partial charge >= 0.3 is 0 Å². The van der Waals surface area contributed by atoms with Crippen LogP contribution in [-0.2, 0) is 0 Å². The van der Waals surface area contributed by atoms with Gasteiger partial charge in [-0.2, -0.15) is 0 Å². The summed E-state index contributed by atoms with van der Waals surface area (Å²) in [5.41, 5.74) is 1.42. The minimum atomic E-state index is -0.118. The number of carbonyl (C=O) groups excluding carboxylic acids is 1. The largest absolute Gasteiger partial charge is 0.334 e. The second-order valence-electron chi connectivity index (χ2n) is 5.54. The smallest absolute Gasteiger partial charge is 0.293 e. The van der Waals surface area contributed by atoms with Crippen LogP contribution in [0.15, 0.2) is 24.3 Å². The van der Waals surface area contributed by atoms with Crippen LogP contribution >= 0.6 is 0 Å². The van der Waals surface area contributed by atoms with Gasteiger partial charge in [-0.3, -0.25) is 9.69 Å². The minimum Gasteiger partial charge on any atom is -0.334 e. The fourth-order valence-electron chi connectivity index (χ4n) is 3.08. The van der Waals surface area contributed by atoms with Crippen LogP contribution in [0.5, 0.6) is 0 Å². The zero-order valence-electron chi connectivity index (χ0n) is 13.1. The Labute approximate surface area is 130 Å². The Hall–Kier alpha value is -2.08. The predicted molar refractivity (Wildman–Crippen MR) is 84.6 cm³/mol. The van der Waals surface area contributed by atoms with Gasteiger partial charge in [-0.15, -0.1) is 10.2 Å². The number of likely N-dealkylation sites (N-methyl/N-ethyl adjacent to an activating group) is 1. The Kier molecular flexibility index (Phi) is 4.29. The quantitative estimate of drug-likeness (QED) is 0.858. The molecule has 0 N–H and O–H groups in total. The number of amides is 1. The summed E-state index contributed by atoms with van der Waals surface area (Å²) in [6.07, 6.45) is 1.01. The maximum absolute atomic E-state index is 12.6. The van der Waals surface area contributed by atoms with Crippen LogP contribution < -0.4 is 0 Å². The van der Waals surface area contributed by atoms with Gasteiger partial charge in [0.2, 0.25) is 5.82 Å². The molecule has 1 aliphatic rings. The van der Waals surface area contributed by atoms with Crippen molar-refractivity contribution in [3.63, 3.8) is 0 Å². The lowest BCUT2D eigenvalue weighted by Crippen LogP contribution is -2.39. The average Bonchev–Trinajstić information content (AvgIpc) is 3.04. The van der Waals surface area contributed by atoms with Gasteiger partial charge in [0.15, 0.2) is 0 Å². The lowest BCUT2D eigenvalue weighted by Gasteiger charge is -2.25. The van der Waals surface area contributed by atoms with Crippen LogP contribution in [0.25, 0.3) is 11.0 Å². The molecular weight excluding hydrogens is 278 g/mol. The molecule has 3 rings (SSSR count). The first-order valence-electron chi connectivity index (χ1n) is 7.85. The number of hydrogen-bond acceptors (Lipinski definition) is 5. The number of aromatic nitrogens is 3. The molecule has 1 aliphatic heterocycles. The molecule has 116 valence electrons. The van der Waals surface area contributed by atoms with E-state index >= 15 is 0 Å². The van der Waals surface area contributed by atoms with Crippen molar-refractivity contribution in [1.82, 2.24) is 25.0 Å². The molecule has 1 aromatic heterocycles. The third-order valence-electron chi connectivity index (χ3n) is 4.33. The maximum atomic E-state index is 12.6. The summed E-state index contributed by atoms with van der Waals surface area (Å²) in [4.78, 5) is 21.2. The van der Waals surface area contributed by atoms with Crippen LogP contribution in [0.1, 0.15) is 30.9 Å². The van der Waals surface area contributed by atoms with Crippen molar-refractivity contribution in [3.8, 4) is 0 Å². The molecule has 1 fully saturated rings. The fraction of sp³-hybridized carbons (Fsp3) is 0.500. The van der Waals surface area contributed by atoms with Crippen LogP contribution in [0.2, 0.25) is 0 Å². The van der Waals surface area contributed by atoms with Gasteiger partial charge in [0, 0.05) is 19.1 Å². The second-order valence-corrected chi connectivity index (χ2v) is 5.54. The Balaban J connectivity index is 1.76. The van der Waals surface area contributed by atoms with Gasteiger partial charge in [0.05, 0.1) is 5.52 Å².